The molecule has 13 heavy (non-hydrogen) atoms. The summed E-state index contributed by atoms with van der Waals surface area (Å²) in [6.45, 7) is 9.80. The summed E-state index contributed by atoms with van der Waals surface area (Å²) in [6, 6.07) is 0. The lowest BCUT2D eigenvalue weighted by molar-refractivity contribution is -1.12. The molecular formula is C9H23N2O2+. The fraction of sp³-hybridized carbons (Fsp3) is 1.00. The third kappa shape index (κ3) is 3.60. The Morgan fingerprint density at radius 2 is 1.46 bits per heavy atom. The number of nitrogens with zero attached hydrogens (tertiary/aromatic N) is 1. The molecule has 0 atom stereocenters. The standard InChI is InChI=1S/C9H23N2O2/c1-8(2,3)11(6,7)13-9(4,5)10-12/h10,12H,1-7H3/q+1. The zero-order chi connectivity index (χ0) is 10.9. The van der Waals surface area contributed by atoms with Crippen LogP contribution in [0.1, 0.15) is 34.6 Å². The highest BCUT2D eigenvalue weighted by atomic mass is 16.8. The predicted molar refractivity (Wildman–Crippen MR) is 51.9 cm³/mol. The van der Waals surface area contributed by atoms with Crippen molar-refractivity contribution in [2.24, 2.45) is 0 Å². The molecule has 0 heterocycles. The maximum atomic E-state index is 8.84. The molecule has 0 aromatic rings. The zero-order valence-electron chi connectivity index (χ0n) is 9.80. The predicted octanol–water partition coefficient (Wildman–Crippen LogP) is 1.51. The Hall–Kier alpha value is -0.160. The fourth-order valence-electron chi connectivity index (χ4n) is 0.728. The molecule has 0 rings (SSSR count). The first kappa shape index (κ1) is 12.8. The van der Waals surface area contributed by atoms with E-state index in [0.717, 1.165) is 0 Å². The number of hydrogen-bond donors (Lipinski definition) is 2. The minimum atomic E-state index is -0.739. The highest BCUT2D eigenvalue weighted by molar-refractivity contribution is 4.59. The van der Waals surface area contributed by atoms with Gasteiger partial charge in [-0.15, -0.1) is 0 Å². The second-order valence-electron chi connectivity index (χ2n) is 5.24. The topological polar surface area (TPSA) is 41.5 Å². The first-order valence-corrected chi connectivity index (χ1v) is 4.48. The van der Waals surface area contributed by atoms with Crippen LogP contribution in [-0.4, -0.2) is 35.2 Å². The van der Waals surface area contributed by atoms with Crippen LogP contribution in [0, 0.1) is 0 Å². The first-order valence-electron chi connectivity index (χ1n) is 4.48. The van der Waals surface area contributed by atoms with E-state index in [1.807, 2.05) is 14.1 Å². The quantitative estimate of drug-likeness (QED) is 0.403. The van der Waals surface area contributed by atoms with Gasteiger partial charge in [-0.05, 0) is 34.6 Å². The average molecular weight is 191 g/mol. The van der Waals surface area contributed by atoms with Crippen molar-refractivity contribution >= 4 is 0 Å². The summed E-state index contributed by atoms with van der Waals surface area (Å²) in [6.07, 6.45) is 0. The fourth-order valence-corrected chi connectivity index (χ4v) is 0.728. The lowest BCUT2D eigenvalue weighted by atomic mass is 10.1. The molecule has 0 unspecified atom stereocenters. The Morgan fingerprint density at radius 3 is 1.69 bits per heavy atom. The molecule has 0 bridgehead atoms. The van der Waals surface area contributed by atoms with Crippen LogP contribution in [0.2, 0.25) is 0 Å². The van der Waals surface area contributed by atoms with Gasteiger partial charge in [0, 0.05) is 0 Å². The number of nitrogens with one attached hydrogen (secondary N) is 1. The van der Waals surface area contributed by atoms with E-state index in [0.29, 0.717) is 4.65 Å². The number of quaternary nitrogens is 1. The van der Waals surface area contributed by atoms with Crippen molar-refractivity contribution in [3.05, 3.63) is 0 Å². The van der Waals surface area contributed by atoms with E-state index >= 15 is 0 Å². The van der Waals surface area contributed by atoms with Crippen LogP contribution < -0.4 is 5.48 Å². The molecule has 0 saturated carbocycles. The zero-order valence-corrected chi connectivity index (χ0v) is 9.80. The van der Waals surface area contributed by atoms with Crippen molar-refractivity contribution in [1.29, 1.82) is 0 Å². The summed E-state index contributed by atoms with van der Waals surface area (Å²) in [4.78, 5) is 5.72. The second kappa shape index (κ2) is 3.53. The Bertz CT molecular complexity index is 171. The second-order valence-corrected chi connectivity index (χ2v) is 5.24. The van der Waals surface area contributed by atoms with Gasteiger partial charge in [-0.25, -0.2) is 0 Å². The maximum absolute atomic E-state index is 8.84. The van der Waals surface area contributed by atoms with Gasteiger partial charge in [0.25, 0.3) is 0 Å². The normalized spacial score (nSPS) is 14.8. The molecule has 0 aliphatic heterocycles. The summed E-state index contributed by atoms with van der Waals surface area (Å²) in [5.74, 6) is 0. The summed E-state index contributed by atoms with van der Waals surface area (Å²) in [5.41, 5.74) is 1.36. The molecular weight excluding hydrogens is 168 g/mol. The van der Waals surface area contributed by atoms with Crippen LogP contribution in [0.3, 0.4) is 0 Å². The van der Waals surface area contributed by atoms with Crippen LogP contribution in [-0.2, 0) is 4.84 Å². The van der Waals surface area contributed by atoms with E-state index in [9.17, 15) is 0 Å². The van der Waals surface area contributed by atoms with Gasteiger partial charge in [-0.3, -0.25) is 0 Å². The van der Waals surface area contributed by atoms with Crippen LogP contribution >= 0.6 is 0 Å². The summed E-state index contributed by atoms with van der Waals surface area (Å²) >= 11 is 0. The highest BCUT2D eigenvalue weighted by Crippen LogP contribution is 2.23. The van der Waals surface area contributed by atoms with Gasteiger partial charge in [-0.2, -0.15) is 15.0 Å². The smallest absolute Gasteiger partial charge is 0.193 e. The van der Waals surface area contributed by atoms with E-state index in [1.165, 1.54) is 0 Å². The lowest BCUT2D eigenvalue weighted by Gasteiger charge is -2.43. The third-order valence-corrected chi connectivity index (χ3v) is 2.34. The average Bonchev–Trinajstić information content (AvgIpc) is 1.83. The molecule has 0 aromatic carbocycles. The Balaban J connectivity index is 4.52. The molecule has 4 heteroatoms. The third-order valence-electron chi connectivity index (χ3n) is 2.34. The monoisotopic (exact) mass is 191 g/mol. The molecule has 0 amide bonds. The number of hydroxylamine groups is 4. The van der Waals surface area contributed by atoms with E-state index in [4.69, 9.17) is 10.0 Å². The van der Waals surface area contributed by atoms with Gasteiger partial charge in [0.1, 0.15) is 5.54 Å². The Morgan fingerprint density at radius 1 is 1.08 bits per heavy atom. The van der Waals surface area contributed by atoms with Crippen molar-refractivity contribution in [1.82, 2.24) is 5.48 Å². The van der Waals surface area contributed by atoms with Crippen molar-refractivity contribution in [2.75, 3.05) is 14.1 Å². The molecule has 0 aliphatic rings. The van der Waals surface area contributed by atoms with E-state index in [-0.39, 0.29) is 5.54 Å². The molecule has 0 saturated heterocycles. The molecule has 0 spiro atoms. The summed E-state index contributed by atoms with van der Waals surface area (Å²) in [7, 11) is 3.91. The van der Waals surface area contributed by atoms with Crippen LogP contribution in [0.5, 0.6) is 0 Å². The van der Waals surface area contributed by atoms with Gasteiger partial charge in [0.2, 0.25) is 0 Å². The van der Waals surface area contributed by atoms with Crippen molar-refractivity contribution < 1.29 is 14.7 Å². The largest absolute Gasteiger partial charge is 0.314 e. The Labute approximate surface area is 81.0 Å². The van der Waals surface area contributed by atoms with Crippen molar-refractivity contribution in [3.8, 4) is 0 Å². The molecule has 80 valence electrons. The van der Waals surface area contributed by atoms with Gasteiger partial charge < -0.3 is 5.21 Å². The summed E-state index contributed by atoms with van der Waals surface area (Å²) in [5, 5.41) is 8.84. The summed E-state index contributed by atoms with van der Waals surface area (Å²) < 4.78 is 0.369. The minimum Gasteiger partial charge on any atom is -0.314 e. The molecule has 2 N–H and O–H groups in total. The lowest BCUT2D eigenvalue weighted by Crippen LogP contribution is -2.60. The molecule has 4 nitrogen and oxygen atoms in total. The van der Waals surface area contributed by atoms with Crippen molar-refractivity contribution in [3.63, 3.8) is 0 Å². The van der Waals surface area contributed by atoms with E-state index < -0.39 is 5.72 Å². The van der Waals surface area contributed by atoms with Gasteiger partial charge >= 0.3 is 0 Å². The molecule has 0 aromatic heterocycles. The SMILES string of the molecule is CC(C)(NO)O[N+](C)(C)C(C)(C)C. The highest BCUT2D eigenvalue weighted by Gasteiger charge is 2.39. The Kier molecular flexibility index (Phi) is 3.49. The maximum Gasteiger partial charge on any atom is 0.193 e. The number of hydrogen-bond acceptors (Lipinski definition) is 3. The first-order chi connectivity index (χ1) is 5.52. The minimum absolute atomic E-state index is 0.0336. The molecule has 0 aliphatic carbocycles. The van der Waals surface area contributed by atoms with Gasteiger partial charge in [0.05, 0.1) is 14.1 Å². The van der Waals surface area contributed by atoms with Crippen LogP contribution in [0.25, 0.3) is 0 Å². The molecule has 0 radical (unpaired) electrons. The van der Waals surface area contributed by atoms with Crippen LogP contribution in [0.4, 0.5) is 0 Å². The van der Waals surface area contributed by atoms with Crippen molar-refractivity contribution in [2.45, 2.75) is 45.9 Å². The van der Waals surface area contributed by atoms with Crippen LogP contribution in [0.15, 0.2) is 0 Å². The van der Waals surface area contributed by atoms with Gasteiger partial charge in [-0.1, -0.05) is 0 Å². The van der Waals surface area contributed by atoms with E-state index in [2.05, 4.69) is 26.3 Å². The number of rotatable bonds is 3. The van der Waals surface area contributed by atoms with E-state index in [1.54, 1.807) is 13.8 Å². The molecule has 0 fully saturated rings. The van der Waals surface area contributed by atoms with Gasteiger partial charge in [0.15, 0.2) is 5.72 Å².